The first kappa shape index (κ1) is 26.4. The Morgan fingerprint density at radius 1 is 0.889 bits per heavy atom. The van der Waals surface area contributed by atoms with Crippen molar-refractivity contribution in [1.29, 1.82) is 0 Å². The summed E-state index contributed by atoms with van der Waals surface area (Å²) in [5.41, 5.74) is 0. The molecule has 1 rings (SSSR count). The molecule has 1 aliphatic carbocycles. The molecule has 0 unspecified atom stereocenters. The van der Waals surface area contributed by atoms with Crippen molar-refractivity contribution in [3.63, 3.8) is 0 Å². The van der Waals surface area contributed by atoms with Gasteiger partial charge in [0.1, 0.15) is 6.10 Å². The summed E-state index contributed by atoms with van der Waals surface area (Å²) in [5.74, 6) is -0.710. The third-order valence-corrected chi connectivity index (χ3v) is 5.78. The SMILES string of the molecule is C=CC(=O)OC(Br)(Br)CC.C=CC(=O)OC1CCCCCCCCCCC1. The van der Waals surface area contributed by atoms with E-state index in [1.165, 1.54) is 63.9 Å². The van der Waals surface area contributed by atoms with Crippen LogP contribution in [0.4, 0.5) is 0 Å². The maximum Gasteiger partial charge on any atom is 0.332 e. The Balaban J connectivity index is 0.000000580. The second-order valence-corrected chi connectivity index (χ2v) is 10.3. The summed E-state index contributed by atoms with van der Waals surface area (Å²) in [6.45, 7) is 8.59. The fourth-order valence-corrected chi connectivity index (χ4v) is 3.04. The molecule has 0 radical (unpaired) electrons. The average molecular weight is 510 g/mol. The Morgan fingerprint density at radius 2 is 1.30 bits per heavy atom. The van der Waals surface area contributed by atoms with Gasteiger partial charge in [0.25, 0.3) is 0 Å². The standard InChI is InChI=1S/C15H26O2.C6H8Br2O2/c1-2-15(16)17-14-12-10-8-6-4-3-5-7-9-11-13-14;1-3-5(9)10-6(7,8)4-2/h2,14H,1,3-13H2;3H,1,4H2,2H3. The van der Waals surface area contributed by atoms with Gasteiger partial charge in [-0.05, 0) is 57.5 Å². The average Bonchev–Trinajstić information content (AvgIpc) is 2.64. The van der Waals surface area contributed by atoms with Gasteiger partial charge < -0.3 is 9.47 Å². The highest BCUT2D eigenvalue weighted by Gasteiger charge is 2.23. The van der Waals surface area contributed by atoms with Gasteiger partial charge in [-0.15, -0.1) is 0 Å². The molecule has 1 fully saturated rings. The molecule has 1 aliphatic rings. The third kappa shape index (κ3) is 16.1. The Bertz CT molecular complexity index is 437. The van der Waals surface area contributed by atoms with Crippen molar-refractivity contribution >= 4 is 43.8 Å². The fourth-order valence-electron chi connectivity index (χ4n) is 2.72. The lowest BCUT2D eigenvalue weighted by Gasteiger charge is -2.17. The maximum atomic E-state index is 11.2. The number of esters is 2. The smallest absolute Gasteiger partial charge is 0.332 e. The second kappa shape index (κ2) is 16.3. The zero-order chi connectivity index (χ0) is 20.5. The van der Waals surface area contributed by atoms with E-state index in [-0.39, 0.29) is 12.1 Å². The molecule has 0 spiro atoms. The minimum atomic E-state index is -0.731. The van der Waals surface area contributed by atoms with Crippen LogP contribution in [0.1, 0.15) is 84.0 Å². The van der Waals surface area contributed by atoms with Crippen LogP contribution in [0, 0.1) is 0 Å². The summed E-state index contributed by atoms with van der Waals surface area (Å²) >= 11 is 6.30. The summed E-state index contributed by atoms with van der Waals surface area (Å²) in [6.07, 6.45) is 17.0. The Hall–Kier alpha value is -0.620. The molecule has 0 aliphatic heterocycles. The highest BCUT2D eigenvalue weighted by Crippen LogP contribution is 2.31. The van der Waals surface area contributed by atoms with Gasteiger partial charge in [-0.3, -0.25) is 0 Å². The van der Waals surface area contributed by atoms with Crippen LogP contribution in [0.25, 0.3) is 0 Å². The molecular formula is C21H34Br2O4. The van der Waals surface area contributed by atoms with E-state index in [0.29, 0.717) is 6.42 Å². The van der Waals surface area contributed by atoms with Crippen molar-refractivity contribution in [3.8, 4) is 0 Å². The van der Waals surface area contributed by atoms with Crippen LogP contribution in [0.15, 0.2) is 25.3 Å². The van der Waals surface area contributed by atoms with Crippen LogP contribution in [-0.4, -0.2) is 21.5 Å². The summed E-state index contributed by atoms with van der Waals surface area (Å²) < 4.78 is 9.47. The number of hydrogen-bond donors (Lipinski definition) is 0. The van der Waals surface area contributed by atoms with Gasteiger partial charge in [0.05, 0.1) is 0 Å². The van der Waals surface area contributed by atoms with Crippen LogP contribution in [0.5, 0.6) is 0 Å². The number of rotatable bonds is 5. The molecule has 6 heteroatoms. The zero-order valence-electron chi connectivity index (χ0n) is 16.5. The molecule has 0 N–H and O–H groups in total. The molecule has 27 heavy (non-hydrogen) atoms. The highest BCUT2D eigenvalue weighted by molar-refractivity contribution is 9.25. The first-order valence-corrected chi connectivity index (χ1v) is 11.5. The largest absolute Gasteiger partial charge is 0.459 e. The molecule has 0 bridgehead atoms. The van der Waals surface area contributed by atoms with Gasteiger partial charge in [0, 0.05) is 18.6 Å². The Labute approximate surface area is 181 Å². The van der Waals surface area contributed by atoms with Gasteiger partial charge in [-0.25, -0.2) is 9.59 Å². The molecule has 4 nitrogen and oxygen atoms in total. The van der Waals surface area contributed by atoms with E-state index in [1.54, 1.807) is 0 Å². The minimum absolute atomic E-state index is 0.125. The van der Waals surface area contributed by atoms with E-state index >= 15 is 0 Å². The lowest BCUT2D eigenvalue weighted by molar-refractivity contribution is -0.144. The van der Waals surface area contributed by atoms with E-state index in [4.69, 9.17) is 9.47 Å². The fraction of sp³-hybridized carbons (Fsp3) is 0.714. The number of hydrogen-bond acceptors (Lipinski definition) is 4. The molecule has 156 valence electrons. The van der Waals surface area contributed by atoms with Crippen molar-refractivity contribution in [2.45, 2.75) is 93.5 Å². The molecule has 0 aromatic carbocycles. The number of alkyl halides is 2. The highest BCUT2D eigenvalue weighted by atomic mass is 79.9. The van der Waals surface area contributed by atoms with Gasteiger partial charge in [0.2, 0.25) is 3.42 Å². The monoisotopic (exact) mass is 508 g/mol. The first-order valence-electron chi connectivity index (χ1n) is 9.91. The van der Waals surface area contributed by atoms with Crippen LogP contribution in [0.3, 0.4) is 0 Å². The van der Waals surface area contributed by atoms with E-state index < -0.39 is 9.39 Å². The van der Waals surface area contributed by atoms with Crippen LogP contribution in [0.2, 0.25) is 0 Å². The summed E-state index contributed by atoms with van der Waals surface area (Å²) in [7, 11) is 0. The van der Waals surface area contributed by atoms with E-state index in [9.17, 15) is 9.59 Å². The Morgan fingerprint density at radius 3 is 1.67 bits per heavy atom. The van der Waals surface area contributed by atoms with Crippen molar-refractivity contribution < 1.29 is 19.1 Å². The van der Waals surface area contributed by atoms with Gasteiger partial charge in [-0.1, -0.05) is 65.0 Å². The molecule has 0 aromatic rings. The van der Waals surface area contributed by atoms with Crippen molar-refractivity contribution in [1.82, 2.24) is 0 Å². The van der Waals surface area contributed by atoms with Crippen LogP contribution < -0.4 is 0 Å². The van der Waals surface area contributed by atoms with E-state index in [2.05, 4.69) is 45.0 Å². The molecule has 0 saturated heterocycles. The number of ether oxygens (including phenoxy) is 2. The second-order valence-electron chi connectivity index (χ2n) is 6.64. The normalized spacial score (nSPS) is 17.1. The zero-order valence-corrected chi connectivity index (χ0v) is 19.7. The first-order chi connectivity index (χ1) is 12.8. The third-order valence-electron chi connectivity index (χ3n) is 4.33. The Kier molecular flexibility index (Phi) is 16.0. The molecule has 0 heterocycles. The summed E-state index contributed by atoms with van der Waals surface area (Å²) in [6, 6.07) is 0. The van der Waals surface area contributed by atoms with Crippen LogP contribution in [-0.2, 0) is 19.1 Å². The van der Waals surface area contributed by atoms with Crippen molar-refractivity contribution in [2.75, 3.05) is 0 Å². The van der Waals surface area contributed by atoms with Crippen molar-refractivity contribution in [3.05, 3.63) is 25.3 Å². The molecule has 0 aromatic heterocycles. The van der Waals surface area contributed by atoms with Crippen LogP contribution >= 0.6 is 31.9 Å². The lowest BCUT2D eigenvalue weighted by Crippen LogP contribution is -2.18. The van der Waals surface area contributed by atoms with E-state index in [0.717, 1.165) is 18.9 Å². The summed E-state index contributed by atoms with van der Waals surface area (Å²) in [4.78, 5) is 21.8. The quantitative estimate of drug-likeness (QED) is 0.228. The molecule has 1 saturated carbocycles. The lowest BCUT2D eigenvalue weighted by atomic mass is 9.99. The maximum absolute atomic E-state index is 11.2. The number of halogens is 2. The number of carbonyl (C=O) groups is 2. The molecule has 0 amide bonds. The summed E-state index contributed by atoms with van der Waals surface area (Å²) in [5, 5.41) is 0. The molecule has 0 atom stereocenters. The van der Waals surface area contributed by atoms with Gasteiger partial charge in [-0.2, -0.15) is 0 Å². The van der Waals surface area contributed by atoms with E-state index in [1.807, 2.05) is 6.92 Å². The topological polar surface area (TPSA) is 52.6 Å². The van der Waals surface area contributed by atoms with Gasteiger partial charge in [0.15, 0.2) is 0 Å². The minimum Gasteiger partial charge on any atom is -0.459 e. The van der Waals surface area contributed by atoms with Gasteiger partial charge >= 0.3 is 11.9 Å². The molecular weight excluding hydrogens is 476 g/mol. The van der Waals surface area contributed by atoms with Crippen molar-refractivity contribution in [2.24, 2.45) is 0 Å². The predicted octanol–water partition coefficient (Wildman–Crippen LogP) is 6.96. The number of carbonyl (C=O) groups excluding carboxylic acids is 2. The predicted molar refractivity (Wildman–Crippen MR) is 118 cm³/mol.